The number of rotatable bonds is 8. The fourth-order valence-electron chi connectivity index (χ4n) is 1.71. The molecule has 0 saturated carbocycles. The van der Waals surface area contributed by atoms with Gasteiger partial charge in [-0.2, -0.15) is 0 Å². The number of unbranched alkanes of at least 4 members (excludes halogenated alkanes) is 3. The van der Waals surface area contributed by atoms with E-state index < -0.39 is 11.5 Å². The Bertz CT molecular complexity index is 194. The first kappa shape index (κ1) is 14.4. The highest BCUT2D eigenvalue weighted by Crippen LogP contribution is 2.21. The zero-order valence-electron chi connectivity index (χ0n) is 10.5. The lowest BCUT2D eigenvalue weighted by Gasteiger charge is -2.34. The van der Waals surface area contributed by atoms with Gasteiger partial charge in [-0.1, -0.05) is 39.5 Å². The summed E-state index contributed by atoms with van der Waals surface area (Å²) in [6.07, 6.45) is 5.27. The third-order valence-electron chi connectivity index (χ3n) is 3.29. The Kier molecular flexibility index (Phi) is 6.57. The molecule has 0 rings (SSSR count). The van der Waals surface area contributed by atoms with Crippen LogP contribution >= 0.6 is 0 Å². The maximum absolute atomic E-state index is 11.2. The molecule has 0 aliphatic heterocycles. The highest BCUT2D eigenvalue weighted by atomic mass is 16.4. The van der Waals surface area contributed by atoms with Crippen LogP contribution in [0.15, 0.2) is 0 Å². The molecule has 0 fully saturated rings. The number of nitrogens with zero attached hydrogens (tertiary/aromatic N) is 1. The second-order valence-corrected chi connectivity index (χ2v) is 4.40. The van der Waals surface area contributed by atoms with Crippen molar-refractivity contribution in [1.82, 2.24) is 4.90 Å². The van der Waals surface area contributed by atoms with Crippen molar-refractivity contribution in [3.05, 3.63) is 0 Å². The Morgan fingerprint density at radius 2 is 1.87 bits per heavy atom. The van der Waals surface area contributed by atoms with Crippen molar-refractivity contribution >= 4 is 5.97 Å². The van der Waals surface area contributed by atoms with E-state index in [1.807, 2.05) is 25.8 Å². The van der Waals surface area contributed by atoms with Gasteiger partial charge >= 0.3 is 5.97 Å². The summed E-state index contributed by atoms with van der Waals surface area (Å²) in [5, 5.41) is 9.25. The quantitative estimate of drug-likeness (QED) is 0.633. The number of carboxylic acids is 1. The van der Waals surface area contributed by atoms with Gasteiger partial charge in [0.15, 0.2) is 0 Å². The van der Waals surface area contributed by atoms with Gasteiger partial charge < -0.3 is 5.11 Å². The fraction of sp³-hybridized carbons (Fsp3) is 0.917. The first-order valence-corrected chi connectivity index (χ1v) is 5.93. The molecule has 0 aromatic carbocycles. The van der Waals surface area contributed by atoms with Crippen LogP contribution in [0.1, 0.15) is 52.9 Å². The number of carbonyl (C=O) groups is 1. The molecule has 0 heterocycles. The summed E-state index contributed by atoms with van der Waals surface area (Å²) in [4.78, 5) is 13.2. The summed E-state index contributed by atoms with van der Waals surface area (Å²) >= 11 is 0. The van der Waals surface area contributed by atoms with Crippen molar-refractivity contribution in [2.24, 2.45) is 0 Å². The Morgan fingerprint density at radius 1 is 1.27 bits per heavy atom. The van der Waals surface area contributed by atoms with E-state index in [1.54, 1.807) is 0 Å². The Morgan fingerprint density at radius 3 is 2.27 bits per heavy atom. The summed E-state index contributed by atoms with van der Waals surface area (Å²) < 4.78 is 0. The maximum atomic E-state index is 11.2. The molecule has 0 radical (unpaired) electrons. The van der Waals surface area contributed by atoms with E-state index in [0.717, 1.165) is 25.8 Å². The predicted octanol–water partition coefficient (Wildman–Crippen LogP) is 2.75. The van der Waals surface area contributed by atoms with Gasteiger partial charge in [0.1, 0.15) is 5.54 Å². The van der Waals surface area contributed by atoms with E-state index in [9.17, 15) is 9.90 Å². The standard InChI is InChI=1S/C12H25NO2/c1-5-7-8-9-10-12(3,11(14)15)13(4)6-2/h5-10H2,1-4H3,(H,14,15). The van der Waals surface area contributed by atoms with Crippen molar-refractivity contribution in [2.45, 2.75) is 58.4 Å². The van der Waals surface area contributed by atoms with Crippen LogP contribution in [0.5, 0.6) is 0 Å². The van der Waals surface area contributed by atoms with Crippen LogP contribution in [0, 0.1) is 0 Å². The summed E-state index contributed by atoms with van der Waals surface area (Å²) in [5.41, 5.74) is -0.692. The molecule has 0 aromatic heterocycles. The van der Waals surface area contributed by atoms with Crippen molar-refractivity contribution in [3.8, 4) is 0 Å². The highest BCUT2D eigenvalue weighted by molar-refractivity contribution is 5.78. The molecule has 0 aromatic rings. The van der Waals surface area contributed by atoms with Crippen molar-refractivity contribution in [2.75, 3.05) is 13.6 Å². The van der Waals surface area contributed by atoms with E-state index in [0.29, 0.717) is 0 Å². The van der Waals surface area contributed by atoms with Crippen LogP contribution in [0.25, 0.3) is 0 Å². The zero-order chi connectivity index (χ0) is 11.9. The summed E-state index contributed by atoms with van der Waals surface area (Å²) in [5.74, 6) is -0.705. The largest absolute Gasteiger partial charge is 0.480 e. The first-order valence-electron chi connectivity index (χ1n) is 5.93. The van der Waals surface area contributed by atoms with E-state index in [-0.39, 0.29) is 0 Å². The number of carboxylic acid groups (broad SMARTS) is 1. The van der Waals surface area contributed by atoms with Crippen LogP contribution in [0.2, 0.25) is 0 Å². The lowest BCUT2D eigenvalue weighted by Crippen LogP contribution is -2.50. The summed E-state index contributed by atoms with van der Waals surface area (Å²) in [6.45, 7) is 6.75. The monoisotopic (exact) mass is 215 g/mol. The molecule has 0 amide bonds. The molecular formula is C12H25NO2. The topological polar surface area (TPSA) is 40.5 Å². The number of hydrogen-bond acceptors (Lipinski definition) is 2. The molecule has 0 bridgehead atoms. The van der Waals surface area contributed by atoms with Gasteiger partial charge in [0, 0.05) is 0 Å². The molecule has 3 nitrogen and oxygen atoms in total. The van der Waals surface area contributed by atoms with Crippen molar-refractivity contribution < 1.29 is 9.90 Å². The van der Waals surface area contributed by atoms with E-state index in [4.69, 9.17) is 0 Å². The van der Waals surface area contributed by atoms with E-state index in [1.165, 1.54) is 12.8 Å². The molecule has 0 spiro atoms. The first-order chi connectivity index (χ1) is 6.99. The van der Waals surface area contributed by atoms with Gasteiger partial charge in [-0.25, -0.2) is 0 Å². The Labute approximate surface area is 93.5 Å². The molecule has 1 atom stereocenters. The Hall–Kier alpha value is -0.570. The SMILES string of the molecule is CCCCCCC(C)(C(=O)O)N(C)CC. The van der Waals surface area contributed by atoms with E-state index >= 15 is 0 Å². The van der Waals surface area contributed by atoms with Crippen molar-refractivity contribution in [3.63, 3.8) is 0 Å². The van der Waals surface area contributed by atoms with E-state index in [2.05, 4.69) is 6.92 Å². The van der Waals surface area contributed by atoms with Gasteiger partial charge in [-0.05, 0) is 26.9 Å². The zero-order valence-corrected chi connectivity index (χ0v) is 10.5. The fourth-order valence-corrected chi connectivity index (χ4v) is 1.71. The average Bonchev–Trinajstić information content (AvgIpc) is 2.22. The summed E-state index contributed by atoms with van der Waals surface area (Å²) in [6, 6.07) is 0. The lowest BCUT2D eigenvalue weighted by molar-refractivity contribution is -0.150. The van der Waals surface area contributed by atoms with Gasteiger partial charge in [0.25, 0.3) is 0 Å². The molecule has 0 aliphatic carbocycles. The van der Waals surface area contributed by atoms with Crippen LogP contribution in [-0.4, -0.2) is 35.1 Å². The van der Waals surface area contributed by atoms with Crippen molar-refractivity contribution in [1.29, 1.82) is 0 Å². The van der Waals surface area contributed by atoms with Gasteiger partial charge in [-0.3, -0.25) is 9.69 Å². The predicted molar refractivity (Wildman–Crippen MR) is 63.1 cm³/mol. The minimum atomic E-state index is -0.705. The minimum absolute atomic E-state index is 0.692. The molecule has 1 N–H and O–H groups in total. The molecule has 15 heavy (non-hydrogen) atoms. The maximum Gasteiger partial charge on any atom is 0.323 e. The molecule has 90 valence electrons. The van der Waals surface area contributed by atoms with Crippen LogP contribution in [-0.2, 0) is 4.79 Å². The number of hydrogen-bond donors (Lipinski definition) is 1. The highest BCUT2D eigenvalue weighted by Gasteiger charge is 2.35. The molecule has 0 aliphatic rings. The smallest absolute Gasteiger partial charge is 0.323 e. The molecule has 0 saturated heterocycles. The van der Waals surface area contributed by atoms with Crippen LogP contribution < -0.4 is 0 Å². The second kappa shape index (κ2) is 6.83. The number of aliphatic carboxylic acids is 1. The third kappa shape index (κ3) is 4.20. The van der Waals surface area contributed by atoms with Crippen LogP contribution in [0.4, 0.5) is 0 Å². The number of likely N-dealkylation sites (N-methyl/N-ethyl adjacent to an activating group) is 1. The van der Waals surface area contributed by atoms with Gasteiger partial charge in [0.05, 0.1) is 0 Å². The Balaban J connectivity index is 4.20. The van der Waals surface area contributed by atoms with Gasteiger partial charge in [-0.15, -0.1) is 0 Å². The van der Waals surface area contributed by atoms with Gasteiger partial charge in [0.2, 0.25) is 0 Å². The third-order valence-corrected chi connectivity index (χ3v) is 3.29. The molecule has 3 heteroatoms. The molecular weight excluding hydrogens is 190 g/mol. The molecule has 1 unspecified atom stereocenters. The lowest BCUT2D eigenvalue weighted by atomic mass is 9.92. The summed E-state index contributed by atoms with van der Waals surface area (Å²) in [7, 11) is 1.88. The van der Waals surface area contributed by atoms with Crippen LogP contribution in [0.3, 0.4) is 0 Å². The second-order valence-electron chi connectivity index (χ2n) is 4.40. The normalized spacial score (nSPS) is 15.3. The average molecular weight is 215 g/mol. The minimum Gasteiger partial charge on any atom is -0.480 e.